The van der Waals surface area contributed by atoms with Crippen molar-refractivity contribution < 1.29 is 4.79 Å². The summed E-state index contributed by atoms with van der Waals surface area (Å²) in [5.41, 5.74) is 5.46. The van der Waals surface area contributed by atoms with Crippen LogP contribution in [0.25, 0.3) is 5.57 Å². The number of allylic oxidation sites excluding steroid dienone is 2. The summed E-state index contributed by atoms with van der Waals surface area (Å²) in [6, 6.07) is 20.3. The van der Waals surface area contributed by atoms with Gasteiger partial charge in [0.15, 0.2) is 0 Å². The zero-order valence-corrected chi connectivity index (χ0v) is 13.0. The second-order valence-electron chi connectivity index (χ2n) is 6.08. The molecule has 1 aliphatic carbocycles. The maximum Gasteiger partial charge on any atom is 0.259 e. The molecule has 114 valence electrons. The summed E-state index contributed by atoms with van der Waals surface area (Å²) in [4.78, 5) is 15.1. The van der Waals surface area contributed by atoms with Crippen LogP contribution in [0.1, 0.15) is 30.4 Å². The molecule has 1 amide bonds. The van der Waals surface area contributed by atoms with E-state index in [1.807, 2.05) is 53.4 Å². The van der Waals surface area contributed by atoms with Crippen LogP contribution in [-0.2, 0) is 11.3 Å². The van der Waals surface area contributed by atoms with Gasteiger partial charge in [-0.15, -0.1) is 0 Å². The molecule has 0 unspecified atom stereocenters. The van der Waals surface area contributed by atoms with Gasteiger partial charge in [-0.25, -0.2) is 0 Å². The molecule has 2 aromatic rings. The van der Waals surface area contributed by atoms with Crippen LogP contribution in [0.15, 0.2) is 78.0 Å². The summed E-state index contributed by atoms with van der Waals surface area (Å²) < 4.78 is 0. The Labute approximate surface area is 136 Å². The monoisotopic (exact) mass is 301 g/mol. The van der Waals surface area contributed by atoms with E-state index in [1.54, 1.807) is 0 Å². The van der Waals surface area contributed by atoms with Crippen LogP contribution in [-0.4, -0.2) is 10.8 Å². The Morgan fingerprint density at radius 2 is 1.61 bits per heavy atom. The van der Waals surface area contributed by atoms with Gasteiger partial charge in [0.25, 0.3) is 5.91 Å². The summed E-state index contributed by atoms with van der Waals surface area (Å²) in [7, 11) is 0. The number of hydrogen-bond acceptors (Lipinski definition) is 1. The molecule has 0 atom stereocenters. The number of nitrogens with zero attached hydrogens (tertiary/aromatic N) is 1. The average molecular weight is 301 g/mol. The first-order chi connectivity index (χ1) is 11.3. The van der Waals surface area contributed by atoms with Crippen LogP contribution in [0.5, 0.6) is 0 Å². The molecule has 1 aliphatic heterocycles. The molecule has 0 aromatic heterocycles. The number of hydrogen-bond donors (Lipinski definition) is 0. The minimum absolute atomic E-state index is 0.142. The zero-order valence-electron chi connectivity index (χ0n) is 13.0. The first-order valence-corrected chi connectivity index (χ1v) is 8.19. The summed E-state index contributed by atoms with van der Waals surface area (Å²) in [6.45, 7) is 0.644. The number of fused-ring (bicyclic) bond motifs is 1. The second-order valence-corrected chi connectivity index (χ2v) is 6.08. The lowest BCUT2D eigenvalue weighted by molar-refractivity contribution is -0.122. The van der Waals surface area contributed by atoms with Crippen molar-refractivity contribution in [2.45, 2.75) is 25.8 Å². The van der Waals surface area contributed by atoms with E-state index >= 15 is 0 Å². The summed E-state index contributed by atoms with van der Waals surface area (Å²) >= 11 is 0. The van der Waals surface area contributed by atoms with Crippen molar-refractivity contribution in [2.75, 3.05) is 0 Å². The van der Waals surface area contributed by atoms with Gasteiger partial charge in [-0.1, -0.05) is 66.7 Å². The number of carbonyl (C=O) groups is 1. The van der Waals surface area contributed by atoms with Crippen molar-refractivity contribution in [3.63, 3.8) is 0 Å². The predicted molar refractivity (Wildman–Crippen MR) is 92.3 cm³/mol. The number of carbonyl (C=O) groups excluding carboxylic acids is 1. The molecule has 0 bridgehead atoms. The molecule has 0 fully saturated rings. The fourth-order valence-electron chi connectivity index (χ4n) is 3.49. The van der Waals surface area contributed by atoms with Crippen LogP contribution in [0.4, 0.5) is 0 Å². The molecule has 2 nitrogen and oxygen atoms in total. The second kappa shape index (κ2) is 5.88. The van der Waals surface area contributed by atoms with E-state index in [1.165, 1.54) is 11.1 Å². The van der Waals surface area contributed by atoms with Gasteiger partial charge in [-0.2, -0.15) is 0 Å². The standard InChI is InChI=1S/C21H19NO/c23-21-20(17-11-5-2-6-12-17)18-13-7-8-14-19(18)22(21)15-16-9-3-1-4-10-16/h1-6,9-12,14H,7-8,13,15H2. The first kappa shape index (κ1) is 14.0. The van der Waals surface area contributed by atoms with E-state index in [0.717, 1.165) is 36.1 Å². The summed E-state index contributed by atoms with van der Waals surface area (Å²) in [6.07, 6.45) is 5.41. The lowest BCUT2D eigenvalue weighted by Gasteiger charge is -2.22. The van der Waals surface area contributed by atoms with Crippen LogP contribution in [0.2, 0.25) is 0 Å². The molecular formula is C21H19NO. The van der Waals surface area contributed by atoms with Crippen molar-refractivity contribution in [3.05, 3.63) is 89.1 Å². The van der Waals surface area contributed by atoms with Gasteiger partial charge in [-0.05, 0) is 36.0 Å². The van der Waals surface area contributed by atoms with Crippen molar-refractivity contribution in [3.8, 4) is 0 Å². The van der Waals surface area contributed by atoms with E-state index < -0.39 is 0 Å². The molecule has 0 radical (unpaired) electrons. The first-order valence-electron chi connectivity index (χ1n) is 8.19. The molecule has 0 saturated heterocycles. The fraction of sp³-hybridized carbons (Fsp3) is 0.190. The van der Waals surface area contributed by atoms with E-state index in [-0.39, 0.29) is 5.91 Å². The van der Waals surface area contributed by atoms with Crippen molar-refractivity contribution in [1.82, 2.24) is 4.90 Å². The smallest absolute Gasteiger partial charge is 0.259 e. The Bertz CT molecular complexity index is 787. The van der Waals surface area contributed by atoms with Gasteiger partial charge in [0.2, 0.25) is 0 Å². The summed E-state index contributed by atoms with van der Waals surface area (Å²) in [5, 5.41) is 0. The number of benzene rings is 2. The Morgan fingerprint density at radius 1 is 0.913 bits per heavy atom. The molecule has 0 N–H and O–H groups in total. The maximum absolute atomic E-state index is 13.1. The summed E-state index contributed by atoms with van der Waals surface area (Å²) in [5.74, 6) is 0.142. The zero-order chi connectivity index (χ0) is 15.6. The Balaban J connectivity index is 1.75. The van der Waals surface area contributed by atoms with E-state index in [2.05, 4.69) is 18.2 Å². The molecule has 2 aromatic carbocycles. The normalized spacial score (nSPS) is 17.3. The van der Waals surface area contributed by atoms with Gasteiger partial charge in [-0.3, -0.25) is 4.79 Å². The minimum atomic E-state index is 0.142. The molecular weight excluding hydrogens is 282 g/mol. The fourth-order valence-corrected chi connectivity index (χ4v) is 3.49. The Hall–Kier alpha value is -2.61. The highest BCUT2D eigenvalue weighted by Crippen LogP contribution is 2.41. The van der Waals surface area contributed by atoms with Crippen molar-refractivity contribution in [1.29, 1.82) is 0 Å². The minimum Gasteiger partial charge on any atom is -0.304 e. The third-order valence-corrected chi connectivity index (χ3v) is 4.58. The molecule has 23 heavy (non-hydrogen) atoms. The highest BCUT2D eigenvalue weighted by Gasteiger charge is 2.36. The lowest BCUT2D eigenvalue weighted by Crippen LogP contribution is -2.25. The third kappa shape index (κ3) is 2.50. The molecule has 4 rings (SSSR count). The van der Waals surface area contributed by atoms with E-state index in [4.69, 9.17) is 0 Å². The SMILES string of the molecule is O=C1C(c2ccccc2)=C2CCCC=C2N1Cc1ccccc1. The third-order valence-electron chi connectivity index (χ3n) is 4.58. The van der Waals surface area contributed by atoms with Gasteiger partial charge >= 0.3 is 0 Å². The largest absolute Gasteiger partial charge is 0.304 e. The molecule has 2 heteroatoms. The van der Waals surface area contributed by atoms with Gasteiger partial charge in [0.1, 0.15) is 0 Å². The van der Waals surface area contributed by atoms with Crippen LogP contribution in [0.3, 0.4) is 0 Å². The molecule has 0 spiro atoms. The molecule has 0 saturated carbocycles. The van der Waals surface area contributed by atoms with E-state index in [0.29, 0.717) is 6.54 Å². The maximum atomic E-state index is 13.1. The highest BCUT2D eigenvalue weighted by molar-refractivity contribution is 6.24. The number of amides is 1. The molecule has 1 heterocycles. The average Bonchev–Trinajstić information content (AvgIpc) is 2.89. The van der Waals surface area contributed by atoms with Crippen LogP contribution in [0, 0.1) is 0 Å². The predicted octanol–water partition coefficient (Wildman–Crippen LogP) is 4.55. The number of rotatable bonds is 3. The van der Waals surface area contributed by atoms with Crippen LogP contribution >= 0.6 is 0 Å². The topological polar surface area (TPSA) is 20.3 Å². The van der Waals surface area contributed by atoms with Gasteiger partial charge in [0.05, 0.1) is 12.1 Å². The van der Waals surface area contributed by atoms with Gasteiger partial charge in [0, 0.05) is 5.70 Å². The molecule has 2 aliphatic rings. The quantitative estimate of drug-likeness (QED) is 0.814. The van der Waals surface area contributed by atoms with Gasteiger partial charge < -0.3 is 4.90 Å². The Kier molecular flexibility index (Phi) is 3.58. The highest BCUT2D eigenvalue weighted by atomic mass is 16.2. The van der Waals surface area contributed by atoms with Crippen molar-refractivity contribution in [2.24, 2.45) is 0 Å². The lowest BCUT2D eigenvalue weighted by atomic mass is 9.93. The Morgan fingerprint density at radius 3 is 2.35 bits per heavy atom. The van der Waals surface area contributed by atoms with E-state index in [9.17, 15) is 4.79 Å². The van der Waals surface area contributed by atoms with Crippen molar-refractivity contribution >= 4 is 11.5 Å². The van der Waals surface area contributed by atoms with Crippen LogP contribution < -0.4 is 0 Å².